The lowest BCUT2D eigenvalue weighted by Crippen LogP contribution is -2.19. The van der Waals surface area contributed by atoms with Gasteiger partial charge in [-0.25, -0.2) is 4.39 Å². The Kier molecular flexibility index (Phi) is 6.44. The van der Waals surface area contributed by atoms with Gasteiger partial charge in [0.15, 0.2) is 0 Å². The highest BCUT2D eigenvalue weighted by atomic mass is 19.1. The van der Waals surface area contributed by atoms with Crippen molar-refractivity contribution in [1.29, 1.82) is 0 Å². The van der Waals surface area contributed by atoms with E-state index in [1.54, 1.807) is 12.1 Å². The molecule has 1 rings (SSSR count). The van der Waals surface area contributed by atoms with Gasteiger partial charge in [-0.1, -0.05) is 19.9 Å². The van der Waals surface area contributed by atoms with Crippen LogP contribution in [0.5, 0.6) is 5.75 Å². The van der Waals surface area contributed by atoms with Gasteiger partial charge in [0.2, 0.25) is 0 Å². The number of hydrogen-bond donors (Lipinski definition) is 1. The van der Waals surface area contributed by atoms with Crippen LogP contribution in [0, 0.1) is 11.7 Å². The van der Waals surface area contributed by atoms with Crippen LogP contribution in [0.1, 0.15) is 25.8 Å². The molecule has 0 aromatic heterocycles. The SMILES string of the molecule is C=CCCOc1ccc(F)cc1CNCC(C)C. The van der Waals surface area contributed by atoms with Crippen molar-refractivity contribution < 1.29 is 9.13 Å². The Hall–Kier alpha value is -1.35. The molecule has 0 amide bonds. The van der Waals surface area contributed by atoms with Crippen LogP contribution >= 0.6 is 0 Å². The number of rotatable bonds is 8. The van der Waals surface area contributed by atoms with Gasteiger partial charge in [0.05, 0.1) is 6.61 Å². The Labute approximate surface area is 109 Å². The third kappa shape index (κ3) is 5.32. The molecule has 0 aliphatic rings. The second kappa shape index (κ2) is 7.88. The molecule has 3 heteroatoms. The lowest BCUT2D eigenvalue weighted by Gasteiger charge is -2.13. The van der Waals surface area contributed by atoms with Crippen LogP contribution in [0.25, 0.3) is 0 Å². The van der Waals surface area contributed by atoms with Crippen molar-refractivity contribution in [3.8, 4) is 5.75 Å². The fraction of sp³-hybridized carbons (Fsp3) is 0.467. The number of halogens is 1. The zero-order valence-electron chi connectivity index (χ0n) is 11.2. The number of hydrogen-bond acceptors (Lipinski definition) is 2. The van der Waals surface area contributed by atoms with Crippen LogP contribution in [-0.4, -0.2) is 13.2 Å². The van der Waals surface area contributed by atoms with E-state index in [1.807, 2.05) is 0 Å². The topological polar surface area (TPSA) is 21.3 Å². The van der Waals surface area contributed by atoms with E-state index in [0.29, 0.717) is 19.1 Å². The van der Waals surface area contributed by atoms with Gasteiger partial charge in [-0.3, -0.25) is 0 Å². The predicted octanol–water partition coefficient (Wildman–Crippen LogP) is 3.53. The van der Waals surface area contributed by atoms with Crippen LogP contribution in [-0.2, 0) is 6.54 Å². The molecule has 1 N–H and O–H groups in total. The molecular formula is C15H22FNO. The molecule has 0 spiro atoms. The number of nitrogens with one attached hydrogen (secondary N) is 1. The maximum Gasteiger partial charge on any atom is 0.123 e. The summed E-state index contributed by atoms with van der Waals surface area (Å²) < 4.78 is 18.8. The maximum atomic E-state index is 13.2. The van der Waals surface area contributed by atoms with Crippen molar-refractivity contribution in [2.45, 2.75) is 26.8 Å². The first kappa shape index (κ1) is 14.7. The molecule has 1 aromatic carbocycles. The van der Waals surface area contributed by atoms with Crippen LogP contribution in [0.2, 0.25) is 0 Å². The molecule has 0 heterocycles. The van der Waals surface area contributed by atoms with Gasteiger partial charge in [-0.15, -0.1) is 6.58 Å². The highest BCUT2D eigenvalue weighted by molar-refractivity contribution is 5.33. The van der Waals surface area contributed by atoms with Crippen LogP contribution in [0.3, 0.4) is 0 Å². The largest absolute Gasteiger partial charge is 0.493 e. The van der Waals surface area contributed by atoms with Gasteiger partial charge < -0.3 is 10.1 Å². The second-order valence-corrected chi connectivity index (χ2v) is 4.70. The van der Waals surface area contributed by atoms with Crippen molar-refractivity contribution in [3.05, 3.63) is 42.2 Å². The zero-order valence-corrected chi connectivity index (χ0v) is 11.2. The Bertz CT molecular complexity index is 377. The second-order valence-electron chi connectivity index (χ2n) is 4.70. The monoisotopic (exact) mass is 251 g/mol. The van der Waals surface area contributed by atoms with Gasteiger partial charge in [0.1, 0.15) is 11.6 Å². The fourth-order valence-corrected chi connectivity index (χ4v) is 1.57. The first-order valence-corrected chi connectivity index (χ1v) is 6.36. The summed E-state index contributed by atoms with van der Waals surface area (Å²) >= 11 is 0. The van der Waals surface area contributed by atoms with E-state index in [0.717, 1.165) is 24.3 Å². The first-order chi connectivity index (χ1) is 8.63. The van der Waals surface area contributed by atoms with E-state index in [1.165, 1.54) is 12.1 Å². The third-order valence-corrected chi connectivity index (χ3v) is 2.47. The van der Waals surface area contributed by atoms with Crippen molar-refractivity contribution in [2.75, 3.05) is 13.2 Å². The predicted molar refractivity (Wildman–Crippen MR) is 73.3 cm³/mol. The Morgan fingerprint density at radius 2 is 2.22 bits per heavy atom. The summed E-state index contributed by atoms with van der Waals surface area (Å²) in [5, 5.41) is 3.29. The van der Waals surface area contributed by atoms with E-state index < -0.39 is 0 Å². The minimum absolute atomic E-state index is 0.229. The number of benzene rings is 1. The summed E-state index contributed by atoms with van der Waals surface area (Å²) in [7, 11) is 0. The molecule has 1 aromatic rings. The van der Waals surface area contributed by atoms with Gasteiger partial charge in [0, 0.05) is 12.1 Å². The smallest absolute Gasteiger partial charge is 0.123 e. The minimum Gasteiger partial charge on any atom is -0.493 e. The molecule has 100 valence electrons. The molecule has 0 radical (unpaired) electrons. The average Bonchev–Trinajstić information content (AvgIpc) is 2.31. The van der Waals surface area contributed by atoms with E-state index in [9.17, 15) is 4.39 Å². The Morgan fingerprint density at radius 1 is 1.44 bits per heavy atom. The summed E-state index contributed by atoms with van der Waals surface area (Å²) in [6.07, 6.45) is 2.59. The van der Waals surface area contributed by atoms with Crippen molar-refractivity contribution in [3.63, 3.8) is 0 Å². The molecule has 2 nitrogen and oxygen atoms in total. The molecule has 0 aliphatic heterocycles. The summed E-state index contributed by atoms with van der Waals surface area (Å²) in [6, 6.07) is 4.64. The molecule has 0 aliphatic carbocycles. The fourth-order valence-electron chi connectivity index (χ4n) is 1.57. The van der Waals surface area contributed by atoms with Crippen molar-refractivity contribution in [2.24, 2.45) is 5.92 Å². The van der Waals surface area contributed by atoms with Crippen LogP contribution < -0.4 is 10.1 Å². The van der Waals surface area contributed by atoms with E-state index in [-0.39, 0.29) is 5.82 Å². The lowest BCUT2D eigenvalue weighted by atomic mass is 10.1. The van der Waals surface area contributed by atoms with E-state index in [4.69, 9.17) is 4.74 Å². The normalized spacial score (nSPS) is 10.7. The summed E-state index contributed by atoms with van der Waals surface area (Å²) in [5.41, 5.74) is 0.861. The molecule has 0 unspecified atom stereocenters. The van der Waals surface area contributed by atoms with E-state index in [2.05, 4.69) is 25.7 Å². The third-order valence-electron chi connectivity index (χ3n) is 2.47. The highest BCUT2D eigenvalue weighted by Gasteiger charge is 2.05. The van der Waals surface area contributed by atoms with Crippen molar-refractivity contribution >= 4 is 0 Å². The lowest BCUT2D eigenvalue weighted by molar-refractivity contribution is 0.319. The molecule has 0 saturated heterocycles. The van der Waals surface area contributed by atoms with Crippen LogP contribution in [0.4, 0.5) is 4.39 Å². The quantitative estimate of drug-likeness (QED) is 0.564. The number of ether oxygens (including phenoxy) is 1. The summed E-state index contributed by atoms with van der Waals surface area (Å²) in [6.45, 7) is 10.0. The van der Waals surface area contributed by atoms with Gasteiger partial charge in [-0.05, 0) is 37.1 Å². The zero-order chi connectivity index (χ0) is 13.4. The Balaban J connectivity index is 2.61. The summed E-state index contributed by atoms with van der Waals surface area (Å²) in [5.74, 6) is 1.09. The first-order valence-electron chi connectivity index (χ1n) is 6.36. The molecule has 0 saturated carbocycles. The highest BCUT2D eigenvalue weighted by Crippen LogP contribution is 2.20. The molecule has 0 atom stereocenters. The van der Waals surface area contributed by atoms with Crippen molar-refractivity contribution in [1.82, 2.24) is 5.32 Å². The molecule has 0 fully saturated rings. The molecular weight excluding hydrogens is 229 g/mol. The molecule has 18 heavy (non-hydrogen) atoms. The van der Waals surface area contributed by atoms with Gasteiger partial charge >= 0.3 is 0 Å². The standard InChI is InChI=1S/C15H22FNO/c1-4-5-8-18-15-7-6-14(16)9-13(15)11-17-10-12(2)3/h4,6-7,9,12,17H,1,5,8,10-11H2,2-3H3. The molecule has 0 bridgehead atoms. The van der Waals surface area contributed by atoms with Gasteiger partial charge in [-0.2, -0.15) is 0 Å². The van der Waals surface area contributed by atoms with Gasteiger partial charge in [0.25, 0.3) is 0 Å². The Morgan fingerprint density at radius 3 is 2.89 bits per heavy atom. The minimum atomic E-state index is -0.229. The summed E-state index contributed by atoms with van der Waals surface area (Å²) in [4.78, 5) is 0. The van der Waals surface area contributed by atoms with E-state index >= 15 is 0 Å². The maximum absolute atomic E-state index is 13.2. The average molecular weight is 251 g/mol. The van der Waals surface area contributed by atoms with Crippen LogP contribution in [0.15, 0.2) is 30.9 Å².